The quantitative estimate of drug-likeness (QED) is 0.531. The van der Waals surface area contributed by atoms with E-state index >= 15 is 0 Å². The summed E-state index contributed by atoms with van der Waals surface area (Å²) in [7, 11) is -3.91. The number of rotatable bonds is 5. The first-order valence-corrected chi connectivity index (χ1v) is 15.9. The monoisotopic (exact) mass is 534 g/mol. The van der Waals surface area contributed by atoms with Gasteiger partial charge in [0.15, 0.2) is 0 Å². The van der Waals surface area contributed by atoms with Crippen LogP contribution in [0.3, 0.4) is 0 Å². The number of benzene rings is 2. The number of amides is 1. The fraction of sp³-hybridized carbons (Fsp3) is 0.594. The van der Waals surface area contributed by atoms with Crippen LogP contribution in [0.15, 0.2) is 35.2 Å². The fourth-order valence-electron chi connectivity index (χ4n) is 8.83. The summed E-state index contributed by atoms with van der Waals surface area (Å²) in [5.41, 5.74) is 5.67. The molecule has 0 spiro atoms. The molecule has 0 unspecified atom stereocenters. The van der Waals surface area contributed by atoms with E-state index in [9.17, 15) is 13.2 Å². The van der Waals surface area contributed by atoms with Gasteiger partial charge in [-0.25, -0.2) is 8.42 Å². The molecule has 0 aromatic heterocycles. The number of carbonyl (C=O) groups excluding carboxylic acids is 1. The highest BCUT2D eigenvalue weighted by molar-refractivity contribution is 7.89. The Bertz CT molecular complexity index is 1330. The summed E-state index contributed by atoms with van der Waals surface area (Å²) >= 11 is 0. The number of sulfonamides is 1. The molecule has 1 N–H and O–H groups in total. The average Bonchev–Trinajstić information content (AvgIpc) is 2.86. The number of aryl methyl sites for hydroxylation is 2. The summed E-state index contributed by atoms with van der Waals surface area (Å²) in [6, 6.07) is 9.30. The van der Waals surface area contributed by atoms with E-state index in [1.54, 1.807) is 0 Å². The zero-order chi connectivity index (χ0) is 27.0. The van der Waals surface area contributed by atoms with Crippen molar-refractivity contribution in [2.45, 2.75) is 103 Å². The highest BCUT2D eigenvalue weighted by atomic mass is 32.2. The summed E-state index contributed by atoms with van der Waals surface area (Å²) < 4.78 is 30.3. The number of nitrogens with one attached hydrogen (secondary N) is 1. The second-order valence-corrected chi connectivity index (χ2v) is 15.0. The van der Waals surface area contributed by atoms with E-state index in [1.807, 2.05) is 58.0 Å². The Morgan fingerprint density at radius 3 is 2.00 bits per heavy atom. The maximum Gasteiger partial charge on any atom is 0.244 e. The van der Waals surface area contributed by atoms with Crippen LogP contribution in [0.1, 0.15) is 78.8 Å². The van der Waals surface area contributed by atoms with Gasteiger partial charge in [-0.15, -0.1) is 0 Å². The average molecular weight is 535 g/mol. The molecule has 1 aliphatic heterocycles. The lowest BCUT2D eigenvalue weighted by molar-refractivity contribution is -0.130. The minimum absolute atomic E-state index is 0.0508. The molecule has 5 aliphatic rings. The van der Waals surface area contributed by atoms with Crippen LogP contribution in [-0.2, 0) is 27.8 Å². The van der Waals surface area contributed by atoms with Gasteiger partial charge in [-0.05, 0) is 136 Å². The molecular formula is C32H42N2O3S. The minimum Gasteiger partial charge on any atom is -0.352 e. The maximum absolute atomic E-state index is 14.4. The van der Waals surface area contributed by atoms with Crippen molar-refractivity contribution in [2.75, 3.05) is 0 Å². The lowest BCUT2D eigenvalue weighted by Gasteiger charge is -2.59. The molecule has 4 aliphatic carbocycles. The summed E-state index contributed by atoms with van der Waals surface area (Å²) in [5, 5.41) is 3.40. The number of fused-ring (bicyclic) bond motifs is 1. The predicted molar refractivity (Wildman–Crippen MR) is 150 cm³/mol. The molecule has 38 heavy (non-hydrogen) atoms. The van der Waals surface area contributed by atoms with Crippen LogP contribution < -0.4 is 5.32 Å². The van der Waals surface area contributed by atoms with Crippen molar-refractivity contribution in [3.63, 3.8) is 0 Å². The van der Waals surface area contributed by atoms with Gasteiger partial charge in [0.05, 0.1) is 4.90 Å². The van der Waals surface area contributed by atoms with Crippen molar-refractivity contribution < 1.29 is 13.2 Å². The van der Waals surface area contributed by atoms with Crippen LogP contribution in [0.25, 0.3) is 0 Å². The molecule has 4 saturated carbocycles. The van der Waals surface area contributed by atoms with Crippen LogP contribution in [0.2, 0.25) is 0 Å². The highest BCUT2D eigenvalue weighted by Crippen LogP contribution is 2.61. The number of nitrogens with zero attached hydrogens (tertiary/aromatic N) is 1. The maximum atomic E-state index is 14.4. The van der Waals surface area contributed by atoms with Crippen molar-refractivity contribution in [1.82, 2.24) is 9.62 Å². The molecule has 2 atom stereocenters. The molecule has 0 saturated heterocycles. The molecule has 2 aromatic rings. The van der Waals surface area contributed by atoms with Gasteiger partial charge in [-0.1, -0.05) is 30.3 Å². The van der Waals surface area contributed by atoms with E-state index in [1.165, 1.54) is 42.8 Å². The first-order valence-electron chi connectivity index (χ1n) is 14.4. The molecule has 4 bridgehead atoms. The third-order valence-corrected chi connectivity index (χ3v) is 12.9. The van der Waals surface area contributed by atoms with Crippen molar-refractivity contribution in [2.24, 2.45) is 23.2 Å². The molecule has 7 rings (SSSR count). The second kappa shape index (κ2) is 9.19. The Balaban J connectivity index is 1.34. The SMILES string of the molecule is Cc1cc(C)c(C)c(S(=O)(=O)N2Cc3ccccc3C[C@@H]2C(=O)N[C@H](C)C23CC4CC(CC(C4)C2)C3)c1C. The van der Waals surface area contributed by atoms with E-state index in [0.29, 0.717) is 11.3 Å². The Hall–Kier alpha value is -2.18. The second-order valence-electron chi connectivity index (χ2n) is 13.1. The van der Waals surface area contributed by atoms with Gasteiger partial charge in [0.1, 0.15) is 6.04 Å². The van der Waals surface area contributed by atoms with Crippen molar-refractivity contribution >= 4 is 15.9 Å². The van der Waals surface area contributed by atoms with Gasteiger partial charge >= 0.3 is 0 Å². The molecule has 4 fully saturated rings. The van der Waals surface area contributed by atoms with Gasteiger partial charge in [0.2, 0.25) is 15.9 Å². The van der Waals surface area contributed by atoms with Gasteiger partial charge in [0.25, 0.3) is 0 Å². The smallest absolute Gasteiger partial charge is 0.244 e. The fourth-order valence-corrected chi connectivity index (χ4v) is 11.0. The zero-order valence-corrected chi connectivity index (χ0v) is 24.3. The lowest BCUT2D eigenvalue weighted by atomic mass is 9.48. The molecule has 1 heterocycles. The van der Waals surface area contributed by atoms with Crippen LogP contribution in [0.5, 0.6) is 0 Å². The van der Waals surface area contributed by atoms with Crippen molar-refractivity contribution in [3.05, 3.63) is 63.7 Å². The molecule has 1 amide bonds. The molecule has 2 aromatic carbocycles. The van der Waals surface area contributed by atoms with Crippen LogP contribution in [0.4, 0.5) is 0 Å². The molecule has 6 heteroatoms. The van der Waals surface area contributed by atoms with Crippen molar-refractivity contribution in [3.8, 4) is 0 Å². The largest absolute Gasteiger partial charge is 0.352 e. The summed E-state index contributed by atoms with van der Waals surface area (Å²) in [4.78, 5) is 14.4. The van der Waals surface area contributed by atoms with E-state index in [0.717, 1.165) is 51.1 Å². The number of hydrogen-bond acceptors (Lipinski definition) is 3. The lowest BCUT2D eigenvalue weighted by Crippen LogP contribution is -2.59. The summed E-state index contributed by atoms with van der Waals surface area (Å²) in [5.74, 6) is 2.25. The number of carbonyl (C=O) groups is 1. The molecule has 5 nitrogen and oxygen atoms in total. The summed E-state index contributed by atoms with van der Waals surface area (Å²) in [6.45, 7) is 10.1. The predicted octanol–water partition coefficient (Wildman–Crippen LogP) is 5.76. The third-order valence-electron chi connectivity index (χ3n) is 10.7. The zero-order valence-electron chi connectivity index (χ0n) is 23.5. The first-order chi connectivity index (χ1) is 18.0. The Morgan fingerprint density at radius 2 is 1.45 bits per heavy atom. The standard InChI is InChI=1S/C32H42N2O3S/c1-19-10-20(2)22(4)30(21(19)3)38(36,37)34-18-28-9-7-6-8-27(28)14-29(34)31(35)33-23(5)32-15-24-11-25(16-32)13-26(12-24)17-32/h6-10,23-26,29H,11-18H2,1-5H3,(H,33,35)/t23-,24?,25?,26?,29-,32?/m1/s1. The molecular weight excluding hydrogens is 492 g/mol. The Morgan fingerprint density at radius 1 is 0.921 bits per heavy atom. The van der Waals surface area contributed by atoms with E-state index in [4.69, 9.17) is 0 Å². The van der Waals surface area contributed by atoms with Gasteiger partial charge in [0, 0.05) is 12.6 Å². The van der Waals surface area contributed by atoms with E-state index in [2.05, 4.69) is 12.2 Å². The van der Waals surface area contributed by atoms with Crippen LogP contribution in [0, 0.1) is 50.9 Å². The Labute approximate surface area is 228 Å². The van der Waals surface area contributed by atoms with Gasteiger partial charge in [-0.3, -0.25) is 4.79 Å². The first kappa shape index (κ1) is 26.1. The molecule has 204 valence electrons. The normalized spacial score (nSPS) is 31.2. The summed E-state index contributed by atoms with van der Waals surface area (Å²) in [6.07, 6.45) is 8.10. The van der Waals surface area contributed by atoms with Crippen LogP contribution >= 0.6 is 0 Å². The van der Waals surface area contributed by atoms with Crippen LogP contribution in [-0.4, -0.2) is 30.7 Å². The number of hydrogen-bond donors (Lipinski definition) is 1. The topological polar surface area (TPSA) is 66.5 Å². The van der Waals surface area contributed by atoms with Gasteiger partial charge in [-0.2, -0.15) is 4.31 Å². The highest BCUT2D eigenvalue weighted by Gasteiger charge is 2.54. The minimum atomic E-state index is -3.91. The molecule has 0 radical (unpaired) electrons. The third kappa shape index (κ3) is 4.14. The van der Waals surface area contributed by atoms with Crippen molar-refractivity contribution in [1.29, 1.82) is 0 Å². The van der Waals surface area contributed by atoms with E-state index < -0.39 is 16.1 Å². The van der Waals surface area contributed by atoms with E-state index in [-0.39, 0.29) is 23.9 Å². The van der Waals surface area contributed by atoms with Gasteiger partial charge < -0.3 is 5.32 Å². The Kier molecular flexibility index (Phi) is 6.31.